The number of fused-ring (bicyclic) bond motifs is 2. The maximum atomic E-state index is 14.7. The van der Waals surface area contributed by atoms with Crippen LogP contribution in [0, 0.1) is 17.1 Å². The highest BCUT2D eigenvalue weighted by atomic mass is 19.1. The van der Waals surface area contributed by atoms with E-state index in [4.69, 9.17) is 9.84 Å². The van der Waals surface area contributed by atoms with E-state index in [1.165, 1.54) is 6.07 Å². The van der Waals surface area contributed by atoms with E-state index >= 15 is 0 Å². The number of aromatic nitrogens is 5. The molecule has 0 saturated carbocycles. The molecule has 4 aromatic rings. The minimum atomic E-state index is -0.283. The van der Waals surface area contributed by atoms with Gasteiger partial charge in [-0.1, -0.05) is 0 Å². The predicted octanol–water partition coefficient (Wildman–Crippen LogP) is 3.00. The number of anilines is 1. The van der Waals surface area contributed by atoms with Crippen LogP contribution in [-0.2, 0) is 20.0 Å². The van der Waals surface area contributed by atoms with Crippen molar-refractivity contribution in [3.8, 4) is 23.1 Å². The van der Waals surface area contributed by atoms with Gasteiger partial charge < -0.3 is 15.0 Å². The Morgan fingerprint density at radius 2 is 2.03 bits per heavy atom. The topological polar surface area (TPSA) is 99.5 Å². The summed E-state index contributed by atoms with van der Waals surface area (Å²) in [6, 6.07) is 7.49. The highest BCUT2D eigenvalue weighted by Crippen LogP contribution is 2.32. The summed E-state index contributed by atoms with van der Waals surface area (Å²) in [5, 5.41) is 17.6. The first-order chi connectivity index (χ1) is 18.4. The molecular formula is C27H30FN9O. The van der Waals surface area contributed by atoms with Crippen molar-refractivity contribution >= 4 is 11.6 Å². The smallest absolute Gasteiger partial charge is 0.208 e. The number of aryl methyl sites for hydroxylation is 1. The molecule has 1 fully saturated rings. The van der Waals surface area contributed by atoms with Crippen LogP contribution in [0.25, 0.3) is 16.9 Å². The minimum absolute atomic E-state index is 0.175. The van der Waals surface area contributed by atoms with Crippen LogP contribution in [0.5, 0.6) is 5.75 Å². The fraction of sp³-hybridized carbons (Fsp3) is 0.407. The first-order valence-corrected chi connectivity index (χ1v) is 12.8. The summed E-state index contributed by atoms with van der Waals surface area (Å²) in [4.78, 5) is 14.0. The van der Waals surface area contributed by atoms with Crippen molar-refractivity contribution in [2.45, 2.75) is 25.9 Å². The number of likely N-dealkylation sites (N-methyl/N-ethyl adjacent to an activating group) is 1. The molecule has 0 spiro atoms. The third-order valence-electron chi connectivity index (χ3n) is 7.66. The van der Waals surface area contributed by atoms with Gasteiger partial charge in [0.05, 0.1) is 35.8 Å². The molecular weight excluding hydrogens is 485 g/mol. The van der Waals surface area contributed by atoms with E-state index in [9.17, 15) is 9.65 Å². The zero-order valence-electron chi connectivity index (χ0n) is 21.8. The van der Waals surface area contributed by atoms with E-state index < -0.39 is 0 Å². The maximum absolute atomic E-state index is 14.7. The Morgan fingerprint density at radius 3 is 2.82 bits per heavy atom. The van der Waals surface area contributed by atoms with Gasteiger partial charge >= 0.3 is 0 Å². The molecule has 196 valence electrons. The van der Waals surface area contributed by atoms with E-state index in [0.717, 1.165) is 54.4 Å². The van der Waals surface area contributed by atoms with Crippen molar-refractivity contribution in [1.82, 2.24) is 33.9 Å². The molecule has 5 heterocycles. The van der Waals surface area contributed by atoms with Crippen molar-refractivity contribution in [1.29, 1.82) is 5.26 Å². The Balaban J connectivity index is 1.32. The summed E-state index contributed by atoms with van der Waals surface area (Å²) in [6.45, 7) is 7.05. The average molecular weight is 516 g/mol. The molecule has 6 rings (SSSR count). The lowest BCUT2D eigenvalue weighted by Gasteiger charge is -2.35. The summed E-state index contributed by atoms with van der Waals surface area (Å²) < 4.78 is 23.9. The molecule has 38 heavy (non-hydrogen) atoms. The van der Waals surface area contributed by atoms with Gasteiger partial charge in [-0.3, -0.25) is 14.0 Å². The number of hydrogen-bond acceptors (Lipinski definition) is 8. The first-order valence-electron chi connectivity index (χ1n) is 12.8. The fourth-order valence-electron chi connectivity index (χ4n) is 5.36. The second-order valence-electron chi connectivity index (χ2n) is 9.97. The zero-order chi connectivity index (χ0) is 26.4. The third kappa shape index (κ3) is 4.25. The first kappa shape index (κ1) is 24.3. The minimum Gasteiger partial charge on any atom is -0.493 e. The summed E-state index contributed by atoms with van der Waals surface area (Å²) >= 11 is 0. The lowest BCUT2D eigenvalue weighted by Crippen LogP contribution is -2.45. The molecule has 1 atom stereocenters. The Labute approximate surface area is 220 Å². The van der Waals surface area contributed by atoms with Crippen LogP contribution in [0.4, 0.5) is 10.3 Å². The quantitative estimate of drug-likeness (QED) is 0.419. The summed E-state index contributed by atoms with van der Waals surface area (Å²) in [5.74, 6) is 0.917. The summed E-state index contributed by atoms with van der Waals surface area (Å²) in [7, 11) is 4.06. The van der Waals surface area contributed by atoms with Crippen molar-refractivity contribution in [3.05, 3.63) is 58.9 Å². The van der Waals surface area contributed by atoms with Gasteiger partial charge in [0, 0.05) is 63.5 Å². The highest BCUT2D eigenvalue weighted by molar-refractivity contribution is 5.76. The van der Waals surface area contributed by atoms with Crippen LogP contribution >= 0.6 is 0 Å². The molecule has 0 aliphatic carbocycles. The SMILES string of the molecule is CC(c1cc(-c2cnc(NCc3c(F)ccc4c3CCO4)n3cc(C#N)nc23)n(C)n1)N1CCN(C)CC1. The monoisotopic (exact) mass is 515 g/mol. The molecule has 0 amide bonds. The number of imidazole rings is 1. The Kier molecular flexibility index (Phi) is 6.21. The van der Waals surface area contributed by atoms with E-state index in [0.29, 0.717) is 30.2 Å². The predicted molar refractivity (Wildman–Crippen MR) is 140 cm³/mol. The molecule has 2 aliphatic rings. The van der Waals surface area contributed by atoms with Gasteiger partial charge in [-0.05, 0) is 32.2 Å². The second kappa shape index (κ2) is 9.70. The van der Waals surface area contributed by atoms with Crippen LogP contribution < -0.4 is 10.1 Å². The molecule has 3 aromatic heterocycles. The Morgan fingerprint density at radius 1 is 1.21 bits per heavy atom. The molecule has 1 saturated heterocycles. The van der Waals surface area contributed by atoms with Gasteiger partial charge in [-0.25, -0.2) is 14.4 Å². The number of nitriles is 1. The number of halogens is 1. The van der Waals surface area contributed by atoms with Crippen LogP contribution in [0.2, 0.25) is 0 Å². The number of nitrogens with one attached hydrogen (secondary N) is 1. The molecule has 2 aliphatic heterocycles. The average Bonchev–Trinajstić information content (AvgIpc) is 3.66. The van der Waals surface area contributed by atoms with Crippen LogP contribution in [-0.4, -0.2) is 73.8 Å². The number of benzene rings is 1. The fourth-order valence-corrected chi connectivity index (χ4v) is 5.36. The Hall–Kier alpha value is -4.01. The molecule has 10 nitrogen and oxygen atoms in total. The molecule has 1 unspecified atom stereocenters. The van der Waals surface area contributed by atoms with Gasteiger partial charge in [0.1, 0.15) is 17.6 Å². The van der Waals surface area contributed by atoms with E-state index in [-0.39, 0.29) is 24.1 Å². The van der Waals surface area contributed by atoms with Crippen molar-refractivity contribution in [2.75, 3.05) is 45.2 Å². The number of piperazine rings is 1. The van der Waals surface area contributed by atoms with Crippen LogP contribution in [0.3, 0.4) is 0 Å². The van der Waals surface area contributed by atoms with Crippen molar-refractivity contribution in [3.63, 3.8) is 0 Å². The molecule has 11 heteroatoms. The highest BCUT2D eigenvalue weighted by Gasteiger charge is 2.25. The number of rotatable bonds is 6. The summed E-state index contributed by atoms with van der Waals surface area (Å²) in [6.07, 6.45) is 4.06. The lowest BCUT2D eigenvalue weighted by atomic mass is 10.0. The zero-order valence-corrected chi connectivity index (χ0v) is 21.8. The summed E-state index contributed by atoms with van der Waals surface area (Å²) in [5.41, 5.74) is 4.92. The number of ether oxygens (including phenoxy) is 1. The standard InChI is InChI=1S/C27H30FN9O/c1-17(36-9-7-34(2)8-10-36)23-12-24(35(3)33-23)21-15-31-27(37-16-18(13-29)32-26(21)37)30-14-20-19-6-11-38-25(19)5-4-22(20)28/h4-5,12,15-17H,6-11,14H2,1-3H3,(H,30,31). The largest absolute Gasteiger partial charge is 0.493 e. The van der Waals surface area contributed by atoms with Gasteiger partial charge in [0.2, 0.25) is 5.95 Å². The van der Waals surface area contributed by atoms with E-state index in [1.54, 1.807) is 22.9 Å². The molecule has 1 aromatic carbocycles. The number of nitrogens with zero attached hydrogens (tertiary/aromatic N) is 8. The molecule has 0 bridgehead atoms. The van der Waals surface area contributed by atoms with Gasteiger partial charge in [-0.15, -0.1) is 0 Å². The normalized spacial score (nSPS) is 16.8. The maximum Gasteiger partial charge on any atom is 0.208 e. The Bertz CT molecular complexity index is 1540. The van der Waals surface area contributed by atoms with E-state index in [2.05, 4.69) is 51.2 Å². The van der Waals surface area contributed by atoms with Crippen molar-refractivity contribution < 1.29 is 9.13 Å². The van der Waals surface area contributed by atoms with Gasteiger partial charge in [0.25, 0.3) is 0 Å². The van der Waals surface area contributed by atoms with Crippen LogP contribution in [0.1, 0.15) is 35.5 Å². The third-order valence-corrected chi connectivity index (χ3v) is 7.66. The second-order valence-corrected chi connectivity index (χ2v) is 9.97. The van der Waals surface area contributed by atoms with E-state index in [1.807, 2.05) is 11.7 Å². The lowest BCUT2D eigenvalue weighted by molar-refractivity contribution is 0.117. The van der Waals surface area contributed by atoms with Crippen LogP contribution in [0.15, 0.2) is 30.6 Å². The number of hydrogen-bond donors (Lipinski definition) is 1. The molecule has 1 N–H and O–H groups in total. The van der Waals surface area contributed by atoms with Crippen molar-refractivity contribution in [2.24, 2.45) is 7.05 Å². The van der Waals surface area contributed by atoms with Gasteiger partial charge in [-0.2, -0.15) is 10.4 Å². The van der Waals surface area contributed by atoms with Gasteiger partial charge in [0.15, 0.2) is 11.3 Å². The molecule has 0 radical (unpaired) electrons.